The molecule has 1 heterocycles. The van der Waals surface area contributed by atoms with Crippen LogP contribution < -0.4 is 10.0 Å². The minimum atomic E-state index is -3.93. The largest absolute Gasteiger partial charge is 0.326 e. The van der Waals surface area contributed by atoms with Gasteiger partial charge in [-0.3, -0.25) is 9.52 Å². The van der Waals surface area contributed by atoms with Gasteiger partial charge in [0.15, 0.2) is 0 Å². The van der Waals surface area contributed by atoms with E-state index in [2.05, 4.69) is 10.0 Å². The average Bonchev–Trinajstić information content (AvgIpc) is 2.91. The monoisotopic (exact) mass is 609 g/mol. The van der Waals surface area contributed by atoms with Crippen molar-refractivity contribution in [1.82, 2.24) is 4.31 Å². The van der Waals surface area contributed by atoms with Crippen LogP contribution in [0.1, 0.15) is 24.8 Å². The van der Waals surface area contributed by atoms with Crippen molar-refractivity contribution in [3.05, 3.63) is 88.4 Å². The SMILES string of the molecule is O=C(Nc1ccc(S(=O)(=O)Nc2ccc(Cl)cc2Cl)cc1)[C@@H]1CCCN(S(=O)(=O)CCCc2ccccc2)C1. The lowest BCUT2D eigenvalue weighted by Gasteiger charge is -2.31. The number of amides is 1. The summed E-state index contributed by atoms with van der Waals surface area (Å²) in [7, 11) is -7.41. The number of hydrogen-bond donors (Lipinski definition) is 2. The molecule has 8 nitrogen and oxygen atoms in total. The van der Waals surface area contributed by atoms with Gasteiger partial charge < -0.3 is 5.32 Å². The van der Waals surface area contributed by atoms with Crippen molar-refractivity contribution in [1.29, 1.82) is 0 Å². The van der Waals surface area contributed by atoms with Gasteiger partial charge in [0.05, 0.1) is 27.3 Å². The summed E-state index contributed by atoms with van der Waals surface area (Å²) < 4.78 is 55.2. The standard InChI is InChI=1S/C27H29Cl2N3O5S2/c28-22-10-15-26(25(29)18-22)31-39(36,37)24-13-11-23(12-14-24)30-27(33)21-9-4-16-32(19-21)38(34,35)17-5-8-20-6-2-1-3-7-20/h1-3,6-7,10-15,18,21,31H,4-5,8-9,16-17,19H2,(H,30,33)/t21-/m1/s1. The first-order valence-corrected chi connectivity index (χ1v) is 16.3. The molecule has 3 aromatic rings. The van der Waals surface area contributed by atoms with E-state index in [0.717, 1.165) is 5.56 Å². The van der Waals surface area contributed by atoms with E-state index in [0.29, 0.717) is 42.9 Å². The van der Waals surface area contributed by atoms with E-state index in [1.807, 2.05) is 30.3 Å². The van der Waals surface area contributed by atoms with E-state index < -0.39 is 26.0 Å². The summed E-state index contributed by atoms with van der Waals surface area (Å²) in [6.45, 7) is 0.520. The molecule has 1 amide bonds. The lowest BCUT2D eigenvalue weighted by molar-refractivity contribution is -0.120. The summed E-state index contributed by atoms with van der Waals surface area (Å²) in [5.41, 5.74) is 1.69. The van der Waals surface area contributed by atoms with Crippen molar-refractivity contribution in [3.63, 3.8) is 0 Å². The minimum absolute atomic E-state index is 0.0167. The van der Waals surface area contributed by atoms with Gasteiger partial charge in [-0.15, -0.1) is 0 Å². The Morgan fingerprint density at radius 3 is 2.36 bits per heavy atom. The van der Waals surface area contributed by atoms with Gasteiger partial charge in [0.1, 0.15) is 0 Å². The number of rotatable bonds is 10. The number of carbonyl (C=O) groups excluding carboxylic acids is 1. The first-order chi connectivity index (χ1) is 18.5. The molecule has 0 bridgehead atoms. The number of halogens is 2. The molecule has 0 radical (unpaired) electrons. The van der Waals surface area contributed by atoms with Crippen molar-refractivity contribution in [2.24, 2.45) is 5.92 Å². The number of aryl methyl sites for hydroxylation is 1. The number of carbonyl (C=O) groups is 1. The molecular weight excluding hydrogens is 581 g/mol. The van der Waals surface area contributed by atoms with Crippen LogP contribution in [0, 0.1) is 5.92 Å². The van der Waals surface area contributed by atoms with Crippen LogP contribution in [0.4, 0.5) is 11.4 Å². The third kappa shape index (κ3) is 7.95. The van der Waals surface area contributed by atoms with E-state index >= 15 is 0 Å². The summed E-state index contributed by atoms with van der Waals surface area (Å²) >= 11 is 11.9. The molecule has 208 valence electrons. The highest BCUT2D eigenvalue weighted by atomic mass is 35.5. The fraction of sp³-hybridized carbons (Fsp3) is 0.296. The fourth-order valence-electron chi connectivity index (χ4n) is 4.38. The van der Waals surface area contributed by atoms with Crippen LogP contribution in [0.15, 0.2) is 77.7 Å². The number of nitrogens with zero attached hydrogens (tertiary/aromatic N) is 1. The Balaban J connectivity index is 1.33. The topological polar surface area (TPSA) is 113 Å². The summed E-state index contributed by atoms with van der Waals surface area (Å²) in [6.07, 6.45) is 2.34. The lowest BCUT2D eigenvalue weighted by atomic mass is 9.99. The van der Waals surface area contributed by atoms with E-state index in [4.69, 9.17) is 23.2 Å². The van der Waals surface area contributed by atoms with Gasteiger partial charge in [-0.2, -0.15) is 0 Å². The number of piperidine rings is 1. The maximum atomic E-state index is 12.9. The molecule has 1 fully saturated rings. The molecule has 0 saturated carbocycles. The molecule has 39 heavy (non-hydrogen) atoms. The number of anilines is 2. The first-order valence-electron chi connectivity index (χ1n) is 12.4. The molecule has 2 N–H and O–H groups in total. The highest BCUT2D eigenvalue weighted by Crippen LogP contribution is 2.28. The van der Waals surface area contributed by atoms with Crippen LogP contribution in [-0.4, -0.2) is 45.9 Å². The third-order valence-corrected chi connectivity index (χ3v) is 10.3. The zero-order chi connectivity index (χ0) is 28.0. The van der Waals surface area contributed by atoms with Gasteiger partial charge in [0.2, 0.25) is 15.9 Å². The molecule has 0 aliphatic carbocycles. The predicted octanol–water partition coefficient (Wildman–Crippen LogP) is 5.41. The highest BCUT2D eigenvalue weighted by molar-refractivity contribution is 7.92. The van der Waals surface area contributed by atoms with E-state index in [1.165, 1.54) is 46.8 Å². The van der Waals surface area contributed by atoms with Crippen LogP contribution in [-0.2, 0) is 31.3 Å². The second-order valence-electron chi connectivity index (χ2n) is 9.35. The van der Waals surface area contributed by atoms with Crippen LogP contribution in [0.2, 0.25) is 10.0 Å². The fourth-order valence-corrected chi connectivity index (χ4v) is 7.55. The Labute approximate surface area is 239 Å². The summed E-state index contributed by atoms with van der Waals surface area (Å²) in [6, 6.07) is 19.8. The van der Waals surface area contributed by atoms with Crippen molar-refractivity contribution in [2.45, 2.75) is 30.6 Å². The molecule has 4 rings (SSSR count). The Bertz CT molecular complexity index is 1520. The Kier molecular flexibility index (Phi) is 9.56. The molecule has 1 aliphatic heterocycles. The second kappa shape index (κ2) is 12.7. The Morgan fingerprint density at radius 2 is 1.67 bits per heavy atom. The maximum Gasteiger partial charge on any atom is 0.261 e. The van der Waals surface area contributed by atoms with Gasteiger partial charge in [0, 0.05) is 23.8 Å². The van der Waals surface area contributed by atoms with Gasteiger partial charge >= 0.3 is 0 Å². The summed E-state index contributed by atoms with van der Waals surface area (Å²) in [5.74, 6) is -0.776. The normalized spacial score (nSPS) is 16.5. The number of hydrogen-bond acceptors (Lipinski definition) is 5. The lowest BCUT2D eigenvalue weighted by Crippen LogP contribution is -2.44. The van der Waals surface area contributed by atoms with Gasteiger partial charge in [-0.05, 0) is 73.7 Å². The number of benzene rings is 3. The molecule has 1 atom stereocenters. The van der Waals surface area contributed by atoms with E-state index in [9.17, 15) is 21.6 Å². The van der Waals surface area contributed by atoms with Crippen LogP contribution in [0.5, 0.6) is 0 Å². The van der Waals surface area contributed by atoms with Gasteiger partial charge in [0.25, 0.3) is 10.0 Å². The van der Waals surface area contributed by atoms with Crippen molar-refractivity contribution in [3.8, 4) is 0 Å². The zero-order valence-corrected chi connectivity index (χ0v) is 24.2. The second-order valence-corrected chi connectivity index (χ2v) is 14.0. The molecular formula is C27H29Cl2N3O5S2. The van der Waals surface area contributed by atoms with Crippen molar-refractivity contribution >= 4 is 60.5 Å². The Morgan fingerprint density at radius 1 is 0.949 bits per heavy atom. The van der Waals surface area contributed by atoms with Crippen LogP contribution in [0.3, 0.4) is 0 Å². The smallest absolute Gasteiger partial charge is 0.261 e. The molecule has 0 spiro atoms. The minimum Gasteiger partial charge on any atom is -0.326 e. The maximum absolute atomic E-state index is 12.9. The zero-order valence-electron chi connectivity index (χ0n) is 21.0. The molecule has 0 aromatic heterocycles. The van der Waals surface area contributed by atoms with Gasteiger partial charge in [-0.1, -0.05) is 53.5 Å². The number of nitrogens with one attached hydrogen (secondary N) is 2. The quantitative estimate of drug-likeness (QED) is 0.319. The third-order valence-electron chi connectivity index (χ3n) is 6.47. The average molecular weight is 611 g/mol. The molecule has 1 aliphatic rings. The summed E-state index contributed by atoms with van der Waals surface area (Å²) in [5, 5.41) is 3.32. The molecule has 0 unspecified atom stereocenters. The summed E-state index contributed by atoms with van der Waals surface area (Å²) in [4.78, 5) is 12.9. The van der Waals surface area contributed by atoms with Crippen LogP contribution in [0.25, 0.3) is 0 Å². The van der Waals surface area contributed by atoms with Gasteiger partial charge in [-0.25, -0.2) is 21.1 Å². The predicted molar refractivity (Wildman–Crippen MR) is 155 cm³/mol. The van der Waals surface area contributed by atoms with Crippen molar-refractivity contribution < 1.29 is 21.6 Å². The number of sulfonamides is 2. The highest BCUT2D eigenvalue weighted by Gasteiger charge is 2.32. The van der Waals surface area contributed by atoms with E-state index in [1.54, 1.807) is 0 Å². The molecule has 1 saturated heterocycles. The first kappa shape index (κ1) is 29.4. The molecule has 12 heteroatoms. The Hall–Kier alpha value is -2.63. The van der Waals surface area contributed by atoms with Crippen molar-refractivity contribution in [2.75, 3.05) is 28.9 Å². The van der Waals surface area contributed by atoms with E-state index in [-0.39, 0.29) is 33.8 Å². The molecule has 3 aromatic carbocycles. The van der Waals surface area contributed by atoms with Crippen LogP contribution >= 0.6 is 23.2 Å².